The highest BCUT2D eigenvalue weighted by molar-refractivity contribution is 5.88. The lowest BCUT2D eigenvalue weighted by Gasteiger charge is -2.11. The Morgan fingerprint density at radius 3 is 2.50 bits per heavy atom. The quantitative estimate of drug-likeness (QED) is 0.503. The Labute approximate surface area is 166 Å². The van der Waals surface area contributed by atoms with Crippen LogP contribution in [0.5, 0.6) is 11.5 Å². The second-order valence-corrected chi connectivity index (χ2v) is 6.13. The molecule has 0 aliphatic heterocycles. The zero-order valence-corrected chi connectivity index (χ0v) is 16.0. The van der Waals surface area contributed by atoms with Crippen molar-refractivity contribution in [3.8, 4) is 11.5 Å². The van der Waals surface area contributed by atoms with Crippen molar-refractivity contribution in [2.45, 2.75) is 6.42 Å². The lowest BCUT2D eigenvalue weighted by atomic mass is 10.0. The van der Waals surface area contributed by atoms with E-state index in [0.717, 1.165) is 16.3 Å². The van der Waals surface area contributed by atoms with Gasteiger partial charge in [0, 0.05) is 29.8 Å². The molecule has 4 aromatic rings. The molecule has 4 rings (SSSR count). The Kier molecular flexibility index (Phi) is 5.51. The van der Waals surface area contributed by atoms with Gasteiger partial charge in [0.1, 0.15) is 11.4 Å². The topological polar surface area (TPSA) is 61.6 Å². The number of nitrogens with zero attached hydrogens (tertiary/aromatic N) is 1. The van der Waals surface area contributed by atoms with Crippen LogP contribution in [-0.2, 0) is 6.42 Å². The van der Waals surface area contributed by atoms with Crippen LogP contribution in [0.2, 0.25) is 0 Å². The monoisotopic (exact) mass is 401 g/mol. The fourth-order valence-electron chi connectivity index (χ4n) is 3.17. The van der Waals surface area contributed by atoms with Crippen LogP contribution in [-0.4, -0.2) is 19.2 Å². The average molecular weight is 402 g/mol. The van der Waals surface area contributed by atoms with E-state index in [9.17, 15) is 9.18 Å². The van der Waals surface area contributed by atoms with E-state index in [1.807, 2.05) is 12.1 Å². The standard InChI is InChI=1S/C21H16FNO4.ClH/c1-25-19-6-13-10-23-9-12(16(13)8-20(19)26-2)5-14-11-27-18-4-3-15(22)7-17(18)21(14)24;/h3-4,6-11H,5H2,1-2H3;1H. The average Bonchev–Trinajstić information content (AvgIpc) is 2.69. The number of methoxy groups -OCH3 is 2. The van der Waals surface area contributed by atoms with Crippen molar-refractivity contribution >= 4 is 34.1 Å². The molecule has 0 aliphatic carbocycles. The summed E-state index contributed by atoms with van der Waals surface area (Å²) in [5.41, 5.74) is 1.36. The molecule has 5 nitrogen and oxygen atoms in total. The molecule has 0 saturated heterocycles. The maximum Gasteiger partial charge on any atom is 0.196 e. The molecule has 2 aromatic carbocycles. The first kappa shape index (κ1) is 19.6. The molecular weight excluding hydrogens is 385 g/mol. The Morgan fingerprint density at radius 1 is 1.00 bits per heavy atom. The SMILES string of the molecule is COc1cc2cncc(Cc3coc4ccc(F)cc4c3=O)c2cc1OC.Cl. The first-order valence-corrected chi connectivity index (χ1v) is 8.29. The second-order valence-electron chi connectivity index (χ2n) is 6.13. The zero-order valence-electron chi connectivity index (χ0n) is 15.2. The van der Waals surface area contributed by atoms with E-state index >= 15 is 0 Å². The summed E-state index contributed by atoms with van der Waals surface area (Å²) in [7, 11) is 3.14. The van der Waals surface area contributed by atoms with Crippen molar-refractivity contribution in [3.05, 3.63) is 76.2 Å². The molecule has 0 spiro atoms. The molecule has 7 heteroatoms. The molecular formula is C21H17ClFNO4. The van der Waals surface area contributed by atoms with Crippen molar-refractivity contribution < 1.29 is 18.3 Å². The fraction of sp³-hybridized carbons (Fsp3) is 0.143. The van der Waals surface area contributed by atoms with Crippen LogP contribution in [0.4, 0.5) is 4.39 Å². The minimum Gasteiger partial charge on any atom is -0.493 e. The summed E-state index contributed by atoms with van der Waals surface area (Å²) < 4.78 is 29.7. The fourth-order valence-corrected chi connectivity index (χ4v) is 3.17. The smallest absolute Gasteiger partial charge is 0.196 e. The van der Waals surface area contributed by atoms with Gasteiger partial charge in [-0.15, -0.1) is 12.4 Å². The Balaban J connectivity index is 0.00000225. The van der Waals surface area contributed by atoms with Crippen LogP contribution in [0, 0.1) is 5.82 Å². The number of hydrogen-bond donors (Lipinski definition) is 0. The summed E-state index contributed by atoms with van der Waals surface area (Å²) in [6.45, 7) is 0. The molecule has 0 radical (unpaired) electrons. The predicted molar refractivity (Wildman–Crippen MR) is 107 cm³/mol. The van der Waals surface area contributed by atoms with Gasteiger partial charge in [0.25, 0.3) is 0 Å². The van der Waals surface area contributed by atoms with Gasteiger partial charge in [-0.25, -0.2) is 4.39 Å². The van der Waals surface area contributed by atoms with Gasteiger partial charge in [0.05, 0.1) is 25.9 Å². The van der Waals surface area contributed by atoms with Crippen LogP contribution >= 0.6 is 12.4 Å². The van der Waals surface area contributed by atoms with E-state index in [0.29, 0.717) is 29.1 Å². The molecule has 144 valence electrons. The number of rotatable bonds is 4. The van der Waals surface area contributed by atoms with E-state index in [-0.39, 0.29) is 23.2 Å². The van der Waals surface area contributed by atoms with Crippen LogP contribution < -0.4 is 14.9 Å². The highest BCUT2D eigenvalue weighted by atomic mass is 35.5. The second kappa shape index (κ2) is 7.86. The molecule has 28 heavy (non-hydrogen) atoms. The van der Waals surface area contributed by atoms with Gasteiger partial charge in [-0.1, -0.05) is 0 Å². The maximum atomic E-state index is 13.5. The summed E-state index contributed by atoms with van der Waals surface area (Å²) in [4.78, 5) is 17.0. The molecule has 0 saturated carbocycles. The molecule has 0 bridgehead atoms. The van der Waals surface area contributed by atoms with E-state index in [2.05, 4.69) is 4.98 Å². The third-order valence-corrected chi connectivity index (χ3v) is 4.53. The third kappa shape index (κ3) is 3.39. The zero-order chi connectivity index (χ0) is 19.0. The molecule has 2 aromatic heterocycles. The molecule has 0 aliphatic rings. The Morgan fingerprint density at radius 2 is 1.75 bits per heavy atom. The normalized spacial score (nSPS) is 10.7. The van der Waals surface area contributed by atoms with Crippen molar-refractivity contribution in [1.82, 2.24) is 4.98 Å². The summed E-state index contributed by atoms with van der Waals surface area (Å²) in [5, 5.41) is 1.97. The molecule has 0 N–H and O–H groups in total. The van der Waals surface area contributed by atoms with Gasteiger partial charge in [0.15, 0.2) is 16.9 Å². The number of benzene rings is 2. The highest BCUT2D eigenvalue weighted by Crippen LogP contribution is 2.33. The van der Waals surface area contributed by atoms with Crippen LogP contribution in [0.25, 0.3) is 21.7 Å². The van der Waals surface area contributed by atoms with Crippen molar-refractivity contribution in [3.63, 3.8) is 0 Å². The Hall–Kier alpha value is -3.12. The van der Waals surface area contributed by atoms with Crippen LogP contribution in [0.15, 0.2) is 58.2 Å². The number of fused-ring (bicyclic) bond motifs is 2. The lowest BCUT2D eigenvalue weighted by Crippen LogP contribution is -2.10. The summed E-state index contributed by atoms with van der Waals surface area (Å²) >= 11 is 0. The van der Waals surface area contributed by atoms with Gasteiger partial charge in [0.2, 0.25) is 0 Å². The largest absolute Gasteiger partial charge is 0.493 e. The minimum absolute atomic E-state index is 0. The number of ether oxygens (including phenoxy) is 2. The third-order valence-electron chi connectivity index (χ3n) is 4.53. The van der Waals surface area contributed by atoms with E-state index in [1.165, 1.54) is 24.5 Å². The molecule has 0 amide bonds. The summed E-state index contributed by atoms with van der Waals surface area (Å²) in [6, 6.07) is 7.60. The minimum atomic E-state index is -0.476. The highest BCUT2D eigenvalue weighted by Gasteiger charge is 2.13. The van der Waals surface area contributed by atoms with E-state index in [1.54, 1.807) is 26.6 Å². The molecule has 0 unspecified atom stereocenters. The van der Waals surface area contributed by atoms with Gasteiger partial charge < -0.3 is 13.9 Å². The van der Waals surface area contributed by atoms with Crippen molar-refractivity contribution in [2.75, 3.05) is 14.2 Å². The van der Waals surface area contributed by atoms with Crippen LogP contribution in [0.3, 0.4) is 0 Å². The molecule has 0 fully saturated rings. The summed E-state index contributed by atoms with van der Waals surface area (Å²) in [5.74, 6) is 0.713. The number of halogens is 2. The molecule has 2 heterocycles. The molecule has 0 atom stereocenters. The Bertz CT molecular complexity index is 1220. The van der Waals surface area contributed by atoms with Gasteiger partial charge in [-0.3, -0.25) is 9.78 Å². The van der Waals surface area contributed by atoms with Crippen molar-refractivity contribution in [2.24, 2.45) is 0 Å². The van der Waals surface area contributed by atoms with Gasteiger partial charge >= 0.3 is 0 Å². The van der Waals surface area contributed by atoms with Gasteiger partial charge in [-0.2, -0.15) is 0 Å². The van der Waals surface area contributed by atoms with Crippen molar-refractivity contribution in [1.29, 1.82) is 0 Å². The van der Waals surface area contributed by atoms with Crippen LogP contribution in [0.1, 0.15) is 11.1 Å². The lowest BCUT2D eigenvalue weighted by molar-refractivity contribution is 0.356. The summed E-state index contributed by atoms with van der Waals surface area (Å²) in [6.07, 6.45) is 5.14. The number of aromatic nitrogens is 1. The maximum absolute atomic E-state index is 13.5. The number of pyridine rings is 1. The number of hydrogen-bond acceptors (Lipinski definition) is 5. The van der Waals surface area contributed by atoms with E-state index in [4.69, 9.17) is 13.9 Å². The van der Waals surface area contributed by atoms with E-state index < -0.39 is 5.82 Å². The van der Waals surface area contributed by atoms with Gasteiger partial charge in [-0.05, 0) is 41.3 Å². The predicted octanol–water partition coefficient (Wildman–Crippen LogP) is 4.51. The first-order chi connectivity index (χ1) is 13.1. The first-order valence-electron chi connectivity index (χ1n) is 8.29.